The predicted octanol–water partition coefficient (Wildman–Crippen LogP) is 3.85. The number of nitrogens with zero attached hydrogens (tertiary/aromatic N) is 1. The van der Waals surface area contributed by atoms with Crippen molar-refractivity contribution in [1.82, 2.24) is 4.90 Å². The zero-order valence-corrected chi connectivity index (χ0v) is 14.2. The van der Waals surface area contributed by atoms with Gasteiger partial charge in [-0.3, -0.25) is 0 Å². The highest BCUT2D eigenvalue weighted by Crippen LogP contribution is 2.25. The van der Waals surface area contributed by atoms with Gasteiger partial charge < -0.3 is 15.4 Å². The molecular formula is C17H26F2N2O2. The Morgan fingerprint density at radius 1 is 1.35 bits per heavy atom. The fourth-order valence-corrected chi connectivity index (χ4v) is 2.35. The van der Waals surface area contributed by atoms with Gasteiger partial charge in [-0.25, -0.2) is 13.6 Å². The van der Waals surface area contributed by atoms with Crippen molar-refractivity contribution >= 4 is 6.09 Å². The Balaban J connectivity index is 2.64. The summed E-state index contributed by atoms with van der Waals surface area (Å²) in [6.45, 7) is 11.2. The van der Waals surface area contributed by atoms with Crippen molar-refractivity contribution in [2.75, 3.05) is 13.1 Å². The number of hydrogen-bond donors (Lipinski definition) is 1. The third-order valence-corrected chi connectivity index (χ3v) is 3.56. The number of likely N-dealkylation sites (tertiary alicyclic amines) is 1. The molecule has 130 valence electrons. The molecule has 0 aromatic heterocycles. The van der Waals surface area contributed by atoms with E-state index in [1.165, 1.54) is 6.08 Å². The van der Waals surface area contributed by atoms with E-state index in [9.17, 15) is 13.6 Å². The van der Waals surface area contributed by atoms with Gasteiger partial charge in [-0.05, 0) is 40.2 Å². The Morgan fingerprint density at radius 3 is 2.43 bits per heavy atom. The van der Waals surface area contributed by atoms with Gasteiger partial charge in [0.25, 0.3) is 0 Å². The van der Waals surface area contributed by atoms with Gasteiger partial charge in [0.2, 0.25) is 0 Å². The first-order valence-corrected chi connectivity index (χ1v) is 7.63. The van der Waals surface area contributed by atoms with E-state index >= 15 is 0 Å². The van der Waals surface area contributed by atoms with Crippen molar-refractivity contribution in [2.45, 2.75) is 45.8 Å². The van der Waals surface area contributed by atoms with Crippen LogP contribution in [0.1, 0.15) is 34.1 Å². The largest absolute Gasteiger partial charge is 0.444 e. The first-order chi connectivity index (χ1) is 10.5. The minimum Gasteiger partial charge on any atom is -0.444 e. The first-order valence-electron chi connectivity index (χ1n) is 7.63. The molecule has 1 amide bonds. The van der Waals surface area contributed by atoms with E-state index in [-0.39, 0.29) is 12.0 Å². The second-order valence-corrected chi connectivity index (χ2v) is 6.78. The topological polar surface area (TPSA) is 55.6 Å². The summed E-state index contributed by atoms with van der Waals surface area (Å²) in [5.41, 5.74) is 6.18. The lowest BCUT2D eigenvalue weighted by atomic mass is 9.86. The molecule has 0 unspecified atom stereocenters. The zero-order chi connectivity index (χ0) is 17.8. The second-order valence-electron chi connectivity index (χ2n) is 6.78. The Labute approximate surface area is 136 Å². The van der Waals surface area contributed by atoms with Crippen LogP contribution in [0.15, 0.2) is 36.0 Å². The van der Waals surface area contributed by atoms with Crippen LogP contribution in [0.25, 0.3) is 0 Å². The van der Waals surface area contributed by atoms with Gasteiger partial charge in [-0.2, -0.15) is 0 Å². The summed E-state index contributed by atoms with van der Waals surface area (Å²) >= 11 is 0. The van der Waals surface area contributed by atoms with Crippen LogP contribution in [-0.4, -0.2) is 35.7 Å². The van der Waals surface area contributed by atoms with Crippen molar-refractivity contribution in [2.24, 2.45) is 11.7 Å². The van der Waals surface area contributed by atoms with Crippen LogP contribution >= 0.6 is 0 Å². The number of amides is 1. The Kier molecular flexibility index (Phi) is 6.50. The summed E-state index contributed by atoms with van der Waals surface area (Å²) in [5.74, 6) is -1.89. The Hall–Kier alpha value is -1.69. The zero-order valence-electron chi connectivity index (χ0n) is 14.2. The van der Waals surface area contributed by atoms with E-state index in [4.69, 9.17) is 10.5 Å². The molecule has 1 fully saturated rings. The van der Waals surface area contributed by atoms with Gasteiger partial charge in [0, 0.05) is 25.0 Å². The molecule has 0 spiro atoms. The van der Waals surface area contributed by atoms with Gasteiger partial charge in [-0.15, -0.1) is 0 Å². The van der Waals surface area contributed by atoms with Crippen LogP contribution < -0.4 is 5.73 Å². The van der Waals surface area contributed by atoms with Crippen molar-refractivity contribution in [3.8, 4) is 0 Å². The average molecular weight is 328 g/mol. The van der Waals surface area contributed by atoms with Crippen molar-refractivity contribution in [1.29, 1.82) is 0 Å². The summed E-state index contributed by atoms with van der Waals surface area (Å²) in [6, 6.07) is -0.327. The fourth-order valence-electron chi connectivity index (χ4n) is 2.35. The maximum absolute atomic E-state index is 13.2. The molecule has 1 saturated heterocycles. The van der Waals surface area contributed by atoms with Crippen LogP contribution in [0, 0.1) is 5.92 Å². The smallest absolute Gasteiger partial charge is 0.410 e. The molecule has 0 aliphatic carbocycles. The number of halogens is 2. The molecule has 0 radical (unpaired) electrons. The van der Waals surface area contributed by atoms with Crippen LogP contribution in [0.5, 0.6) is 0 Å². The summed E-state index contributed by atoms with van der Waals surface area (Å²) < 4.78 is 31.2. The maximum atomic E-state index is 13.2. The molecule has 0 aromatic carbocycles. The summed E-state index contributed by atoms with van der Waals surface area (Å²) in [7, 11) is 0. The Bertz CT molecular complexity index is 517. The summed E-state index contributed by atoms with van der Waals surface area (Å²) in [5, 5.41) is 0. The number of piperidine rings is 1. The number of hydrogen-bond acceptors (Lipinski definition) is 3. The van der Waals surface area contributed by atoms with Crippen molar-refractivity contribution in [3.05, 3.63) is 36.0 Å². The van der Waals surface area contributed by atoms with Gasteiger partial charge in [-0.1, -0.05) is 18.2 Å². The van der Waals surface area contributed by atoms with Crippen molar-refractivity contribution in [3.63, 3.8) is 0 Å². The van der Waals surface area contributed by atoms with E-state index in [0.717, 1.165) is 13.0 Å². The summed E-state index contributed by atoms with van der Waals surface area (Å²) in [6.07, 6.45) is 2.69. The van der Waals surface area contributed by atoms with E-state index in [0.29, 0.717) is 25.1 Å². The number of carbonyl (C=O) groups is 1. The highest BCUT2D eigenvalue weighted by atomic mass is 19.2. The van der Waals surface area contributed by atoms with E-state index in [1.54, 1.807) is 25.7 Å². The Morgan fingerprint density at radius 2 is 1.96 bits per heavy atom. The molecule has 1 aliphatic rings. The monoisotopic (exact) mass is 328 g/mol. The molecule has 1 aliphatic heterocycles. The standard InChI is InChI=1S/C17H26F2N2O2/c1-11(6-7-14(19)12(2)18)13-8-9-21(10-15(13)20)16(22)23-17(3,4)5/h6-7,13,15H,1,8-10,20H2,2-5H3/b7-6-,14-12-/t13-,15+/m0/s1. The van der Waals surface area contributed by atoms with Crippen LogP contribution in [-0.2, 0) is 4.74 Å². The number of nitrogens with two attached hydrogens (primary N) is 1. The maximum Gasteiger partial charge on any atom is 0.410 e. The van der Waals surface area contributed by atoms with Crippen LogP contribution in [0.3, 0.4) is 0 Å². The van der Waals surface area contributed by atoms with Gasteiger partial charge >= 0.3 is 6.09 Å². The molecule has 1 heterocycles. The fraction of sp³-hybridized carbons (Fsp3) is 0.588. The summed E-state index contributed by atoms with van der Waals surface area (Å²) in [4.78, 5) is 13.6. The first kappa shape index (κ1) is 19.4. The molecule has 0 aromatic rings. The molecule has 23 heavy (non-hydrogen) atoms. The molecular weight excluding hydrogens is 302 g/mol. The number of rotatable bonds is 3. The second kappa shape index (κ2) is 7.73. The van der Waals surface area contributed by atoms with E-state index in [1.807, 2.05) is 0 Å². The molecule has 1 rings (SSSR count). The highest BCUT2D eigenvalue weighted by Gasteiger charge is 2.32. The van der Waals surface area contributed by atoms with Gasteiger partial charge in [0.15, 0.2) is 5.83 Å². The highest BCUT2D eigenvalue weighted by molar-refractivity contribution is 5.68. The molecule has 4 nitrogen and oxygen atoms in total. The minimum atomic E-state index is -0.925. The lowest BCUT2D eigenvalue weighted by Crippen LogP contribution is -2.51. The van der Waals surface area contributed by atoms with Gasteiger partial charge in [0.05, 0.1) is 0 Å². The molecule has 2 N–H and O–H groups in total. The number of ether oxygens (including phenoxy) is 1. The molecule has 2 atom stereocenters. The van der Waals surface area contributed by atoms with E-state index < -0.39 is 23.3 Å². The molecule has 6 heteroatoms. The lowest BCUT2D eigenvalue weighted by Gasteiger charge is -2.37. The molecule has 0 bridgehead atoms. The van der Waals surface area contributed by atoms with Gasteiger partial charge in [0.1, 0.15) is 11.4 Å². The normalized spacial score (nSPS) is 23.7. The van der Waals surface area contributed by atoms with Crippen molar-refractivity contribution < 1.29 is 18.3 Å². The average Bonchev–Trinajstić information content (AvgIpc) is 2.42. The van der Waals surface area contributed by atoms with Crippen LogP contribution in [0.4, 0.5) is 13.6 Å². The number of carbonyl (C=O) groups excluding carboxylic acids is 1. The van der Waals surface area contributed by atoms with Crippen LogP contribution in [0.2, 0.25) is 0 Å². The SMILES string of the molecule is C=C(/C=C\C(F)=C(/C)F)[C@@H]1CCN(C(=O)OC(C)(C)C)C[C@H]1N. The minimum absolute atomic E-state index is 0.0855. The third kappa shape index (κ3) is 6.14. The lowest BCUT2D eigenvalue weighted by molar-refractivity contribution is 0.0174. The molecule has 0 saturated carbocycles. The number of allylic oxidation sites excluding steroid dienone is 4. The predicted molar refractivity (Wildman–Crippen MR) is 87.1 cm³/mol. The van der Waals surface area contributed by atoms with E-state index in [2.05, 4.69) is 6.58 Å². The third-order valence-electron chi connectivity index (χ3n) is 3.56. The quantitative estimate of drug-likeness (QED) is 0.801.